The number of carbonyl (C=O) groups excluding carboxylic acids is 1. The van der Waals surface area contributed by atoms with Crippen LogP contribution in [0.1, 0.15) is 35.6 Å². The molecule has 0 saturated heterocycles. The molecule has 126 valence electrons. The first-order valence-corrected chi connectivity index (χ1v) is 8.34. The number of rotatable bonds is 5. The molecule has 0 spiro atoms. The van der Waals surface area contributed by atoms with Gasteiger partial charge in [-0.2, -0.15) is 0 Å². The number of ether oxygens (including phenoxy) is 2. The molecule has 4 nitrogen and oxygen atoms in total. The van der Waals surface area contributed by atoms with Gasteiger partial charge < -0.3 is 14.8 Å². The molecular formula is C20H23NO3. The highest BCUT2D eigenvalue weighted by atomic mass is 16.5. The van der Waals surface area contributed by atoms with Gasteiger partial charge in [-0.05, 0) is 31.5 Å². The van der Waals surface area contributed by atoms with Crippen molar-refractivity contribution in [1.82, 2.24) is 5.32 Å². The second kappa shape index (κ2) is 7.39. The Bertz CT molecular complexity index is 727. The SMILES string of the molecule is Cc1ccc(OCCC(=O)NC2CCOc3ccccc32)c(C)c1. The first-order chi connectivity index (χ1) is 11.6. The number of aryl methyl sites for hydroxylation is 2. The highest BCUT2D eigenvalue weighted by molar-refractivity contribution is 5.76. The lowest BCUT2D eigenvalue weighted by Crippen LogP contribution is -2.32. The van der Waals surface area contributed by atoms with Gasteiger partial charge in [-0.1, -0.05) is 35.9 Å². The number of hydrogen-bond donors (Lipinski definition) is 1. The molecule has 0 saturated carbocycles. The molecule has 0 fully saturated rings. The second-order valence-corrected chi connectivity index (χ2v) is 6.16. The minimum atomic E-state index is 0.00136. The molecule has 2 aromatic rings. The van der Waals surface area contributed by atoms with Crippen LogP contribution in [0.5, 0.6) is 11.5 Å². The van der Waals surface area contributed by atoms with Gasteiger partial charge in [-0.15, -0.1) is 0 Å². The Morgan fingerprint density at radius 2 is 2.08 bits per heavy atom. The van der Waals surface area contributed by atoms with Gasteiger partial charge in [0.25, 0.3) is 0 Å². The van der Waals surface area contributed by atoms with Crippen LogP contribution >= 0.6 is 0 Å². The lowest BCUT2D eigenvalue weighted by molar-refractivity contribution is -0.122. The van der Waals surface area contributed by atoms with Crippen molar-refractivity contribution < 1.29 is 14.3 Å². The van der Waals surface area contributed by atoms with Crippen molar-refractivity contribution >= 4 is 5.91 Å². The van der Waals surface area contributed by atoms with E-state index in [2.05, 4.69) is 18.3 Å². The molecule has 2 aromatic carbocycles. The minimum absolute atomic E-state index is 0.00136. The summed E-state index contributed by atoms with van der Waals surface area (Å²) in [6.07, 6.45) is 1.13. The molecule has 1 N–H and O–H groups in total. The van der Waals surface area contributed by atoms with Crippen molar-refractivity contribution in [3.63, 3.8) is 0 Å². The van der Waals surface area contributed by atoms with Crippen LogP contribution in [0.2, 0.25) is 0 Å². The molecule has 1 aliphatic heterocycles. The number of carbonyl (C=O) groups is 1. The van der Waals surface area contributed by atoms with Crippen LogP contribution in [0.25, 0.3) is 0 Å². The van der Waals surface area contributed by atoms with Crippen LogP contribution in [0.15, 0.2) is 42.5 Å². The standard InChI is InChI=1S/C20H23NO3/c1-14-7-8-18(15(2)13-14)23-12-10-20(22)21-17-9-11-24-19-6-4-3-5-16(17)19/h3-8,13,17H,9-12H2,1-2H3,(H,21,22). The zero-order valence-electron chi connectivity index (χ0n) is 14.2. The van der Waals surface area contributed by atoms with Gasteiger partial charge in [-0.25, -0.2) is 0 Å². The maximum absolute atomic E-state index is 12.2. The molecule has 0 aromatic heterocycles. The third-order valence-electron chi connectivity index (χ3n) is 4.21. The maximum Gasteiger partial charge on any atom is 0.223 e. The summed E-state index contributed by atoms with van der Waals surface area (Å²) >= 11 is 0. The summed E-state index contributed by atoms with van der Waals surface area (Å²) in [6.45, 7) is 5.07. The third-order valence-corrected chi connectivity index (χ3v) is 4.21. The second-order valence-electron chi connectivity index (χ2n) is 6.16. The predicted octanol–water partition coefficient (Wildman–Crippen LogP) is 3.71. The lowest BCUT2D eigenvalue weighted by atomic mass is 10.0. The Labute approximate surface area is 142 Å². The Morgan fingerprint density at radius 3 is 2.92 bits per heavy atom. The molecule has 1 amide bonds. The molecule has 0 bridgehead atoms. The average molecular weight is 325 g/mol. The van der Waals surface area contributed by atoms with E-state index in [1.54, 1.807) is 0 Å². The van der Waals surface area contributed by atoms with E-state index in [9.17, 15) is 4.79 Å². The molecule has 3 rings (SSSR count). The van der Waals surface area contributed by atoms with Crippen molar-refractivity contribution in [3.8, 4) is 11.5 Å². The average Bonchev–Trinajstić information content (AvgIpc) is 2.57. The van der Waals surface area contributed by atoms with E-state index in [0.717, 1.165) is 29.0 Å². The molecule has 1 aliphatic rings. The summed E-state index contributed by atoms with van der Waals surface area (Å²) < 4.78 is 11.4. The Balaban J connectivity index is 1.52. The van der Waals surface area contributed by atoms with Crippen LogP contribution < -0.4 is 14.8 Å². The van der Waals surface area contributed by atoms with Crippen LogP contribution in [-0.2, 0) is 4.79 Å². The summed E-state index contributed by atoms with van der Waals surface area (Å²) in [5, 5.41) is 3.09. The van der Waals surface area contributed by atoms with Gasteiger partial charge in [0.05, 0.1) is 25.7 Å². The summed E-state index contributed by atoms with van der Waals surface area (Å²) in [4.78, 5) is 12.2. The zero-order valence-corrected chi connectivity index (χ0v) is 14.2. The molecule has 1 heterocycles. The highest BCUT2D eigenvalue weighted by Crippen LogP contribution is 2.31. The molecular weight excluding hydrogens is 302 g/mol. The molecule has 0 aliphatic carbocycles. The molecule has 1 atom stereocenters. The number of benzene rings is 2. The van der Waals surface area contributed by atoms with E-state index in [1.165, 1.54) is 5.56 Å². The fourth-order valence-corrected chi connectivity index (χ4v) is 2.97. The molecule has 24 heavy (non-hydrogen) atoms. The zero-order chi connectivity index (χ0) is 16.9. The number of nitrogens with one attached hydrogen (secondary N) is 1. The van der Waals surface area contributed by atoms with Crippen LogP contribution in [-0.4, -0.2) is 19.1 Å². The topological polar surface area (TPSA) is 47.6 Å². The number of para-hydroxylation sites is 1. The fourth-order valence-electron chi connectivity index (χ4n) is 2.97. The van der Waals surface area contributed by atoms with Crippen LogP contribution in [0.3, 0.4) is 0 Å². The van der Waals surface area contributed by atoms with E-state index < -0.39 is 0 Å². The van der Waals surface area contributed by atoms with Gasteiger partial charge in [0.1, 0.15) is 11.5 Å². The predicted molar refractivity (Wildman–Crippen MR) is 93.5 cm³/mol. The summed E-state index contributed by atoms with van der Waals surface area (Å²) in [5.74, 6) is 1.70. The van der Waals surface area contributed by atoms with E-state index in [4.69, 9.17) is 9.47 Å². The van der Waals surface area contributed by atoms with E-state index in [1.807, 2.05) is 43.3 Å². The Hall–Kier alpha value is -2.49. The first-order valence-electron chi connectivity index (χ1n) is 8.34. The Morgan fingerprint density at radius 1 is 1.25 bits per heavy atom. The van der Waals surface area contributed by atoms with Gasteiger partial charge in [-0.3, -0.25) is 4.79 Å². The lowest BCUT2D eigenvalue weighted by Gasteiger charge is -2.26. The van der Waals surface area contributed by atoms with Gasteiger partial charge in [0, 0.05) is 12.0 Å². The van der Waals surface area contributed by atoms with Gasteiger partial charge in [0.2, 0.25) is 5.91 Å². The van der Waals surface area contributed by atoms with Crippen molar-refractivity contribution in [3.05, 3.63) is 59.2 Å². The van der Waals surface area contributed by atoms with Crippen LogP contribution in [0.4, 0.5) is 0 Å². The number of fused-ring (bicyclic) bond motifs is 1. The van der Waals surface area contributed by atoms with Crippen molar-refractivity contribution in [2.75, 3.05) is 13.2 Å². The van der Waals surface area contributed by atoms with Crippen molar-refractivity contribution in [2.24, 2.45) is 0 Å². The first kappa shape index (κ1) is 16.4. The summed E-state index contributed by atoms with van der Waals surface area (Å²) in [7, 11) is 0. The normalized spacial score (nSPS) is 16.0. The van der Waals surface area contributed by atoms with E-state index >= 15 is 0 Å². The fraction of sp³-hybridized carbons (Fsp3) is 0.350. The molecule has 1 unspecified atom stereocenters. The number of amides is 1. The van der Waals surface area contributed by atoms with Crippen molar-refractivity contribution in [2.45, 2.75) is 32.7 Å². The Kier molecular flexibility index (Phi) is 5.04. The van der Waals surface area contributed by atoms with Crippen molar-refractivity contribution in [1.29, 1.82) is 0 Å². The van der Waals surface area contributed by atoms with Crippen LogP contribution in [0, 0.1) is 13.8 Å². The minimum Gasteiger partial charge on any atom is -0.493 e. The number of hydrogen-bond acceptors (Lipinski definition) is 3. The molecule has 4 heteroatoms. The summed E-state index contributed by atoms with van der Waals surface area (Å²) in [6, 6.07) is 13.9. The summed E-state index contributed by atoms with van der Waals surface area (Å²) in [5.41, 5.74) is 3.34. The molecule has 0 radical (unpaired) electrons. The van der Waals surface area contributed by atoms with Gasteiger partial charge >= 0.3 is 0 Å². The third kappa shape index (κ3) is 3.88. The quantitative estimate of drug-likeness (QED) is 0.911. The highest BCUT2D eigenvalue weighted by Gasteiger charge is 2.22. The smallest absolute Gasteiger partial charge is 0.223 e. The van der Waals surface area contributed by atoms with E-state index in [0.29, 0.717) is 19.6 Å². The maximum atomic E-state index is 12.2. The van der Waals surface area contributed by atoms with E-state index in [-0.39, 0.29) is 11.9 Å². The monoisotopic (exact) mass is 325 g/mol. The largest absolute Gasteiger partial charge is 0.493 e. The van der Waals surface area contributed by atoms with Gasteiger partial charge in [0.15, 0.2) is 0 Å².